The minimum absolute atomic E-state index is 0.216. The molecule has 3 rings (SSSR count). The zero-order chi connectivity index (χ0) is 13.4. The second-order valence-corrected chi connectivity index (χ2v) is 4.86. The Bertz CT molecular complexity index is 766. The van der Waals surface area contributed by atoms with E-state index < -0.39 is 5.97 Å². The van der Waals surface area contributed by atoms with E-state index in [1.165, 1.54) is 12.5 Å². The Labute approximate surface area is 116 Å². The van der Waals surface area contributed by atoms with Gasteiger partial charge in [-0.05, 0) is 24.3 Å². The predicted molar refractivity (Wildman–Crippen MR) is 74.1 cm³/mol. The molecule has 3 aromatic rings. The van der Waals surface area contributed by atoms with E-state index in [1.54, 1.807) is 24.3 Å². The molecule has 0 unspecified atom stereocenters. The number of nitrogens with zero attached hydrogens (tertiary/aromatic N) is 1. The average molecular weight is 318 g/mol. The van der Waals surface area contributed by atoms with Crippen molar-refractivity contribution in [1.82, 2.24) is 4.98 Å². The van der Waals surface area contributed by atoms with Crippen LogP contribution in [0.3, 0.4) is 0 Å². The van der Waals surface area contributed by atoms with Crippen molar-refractivity contribution >= 4 is 32.8 Å². The summed E-state index contributed by atoms with van der Waals surface area (Å²) >= 11 is 3.37. The summed E-state index contributed by atoms with van der Waals surface area (Å²) < 4.78 is 5.72. The van der Waals surface area contributed by atoms with Gasteiger partial charge in [-0.3, -0.25) is 0 Å². The van der Waals surface area contributed by atoms with E-state index in [0.717, 1.165) is 5.56 Å². The molecule has 0 amide bonds. The number of carboxylic acids is 1. The molecule has 2 aromatic heterocycles. The SMILES string of the molecule is O=C(O)c1cc(-c2ccoc2)nc2cccc(Br)c12. The summed E-state index contributed by atoms with van der Waals surface area (Å²) in [5.41, 5.74) is 2.18. The van der Waals surface area contributed by atoms with Crippen LogP contribution < -0.4 is 0 Å². The number of pyridine rings is 1. The number of furan rings is 1. The van der Waals surface area contributed by atoms with Gasteiger partial charge in [0.25, 0.3) is 0 Å². The monoisotopic (exact) mass is 317 g/mol. The first-order chi connectivity index (χ1) is 9.16. The number of hydrogen-bond donors (Lipinski definition) is 1. The van der Waals surface area contributed by atoms with Gasteiger partial charge >= 0.3 is 5.97 Å². The standard InChI is InChI=1S/C14H8BrNO3/c15-10-2-1-3-11-13(10)9(14(17)18)6-12(16-11)8-4-5-19-7-8/h1-7H,(H,17,18). The lowest BCUT2D eigenvalue weighted by Crippen LogP contribution is -2.00. The maximum Gasteiger partial charge on any atom is 0.336 e. The highest BCUT2D eigenvalue weighted by Gasteiger charge is 2.15. The van der Waals surface area contributed by atoms with E-state index >= 15 is 0 Å². The number of carboxylic acid groups (broad SMARTS) is 1. The summed E-state index contributed by atoms with van der Waals surface area (Å²) in [7, 11) is 0. The molecule has 0 radical (unpaired) electrons. The second kappa shape index (κ2) is 4.51. The highest BCUT2D eigenvalue weighted by molar-refractivity contribution is 9.10. The van der Waals surface area contributed by atoms with Crippen LogP contribution in [0.15, 0.2) is 51.7 Å². The third-order valence-electron chi connectivity index (χ3n) is 2.83. The van der Waals surface area contributed by atoms with Gasteiger partial charge in [0.1, 0.15) is 0 Å². The summed E-state index contributed by atoms with van der Waals surface area (Å²) in [4.78, 5) is 15.9. The van der Waals surface area contributed by atoms with Gasteiger partial charge in [-0.2, -0.15) is 0 Å². The fourth-order valence-corrected chi connectivity index (χ4v) is 2.54. The molecule has 19 heavy (non-hydrogen) atoms. The number of rotatable bonds is 2. The van der Waals surface area contributed by atoms with Crippen LogP contribution in [0.4, 0.5) is 0 Å². The molecule has 2 heterocycles. The first-order valence-corrected chi connectivity index (χ1v) is 6.31. The molecule has 0 aliphatic heterocycles. The van der Waals surface area contributed by atoms with E-state index in [9.17, 15) is 9.90 Å². The molecule has 0 atom stereocenters. The van der Waals surface area contributed by atoms with Crippen LogP contribution in [0.1, 0.15) is 10.4 Å². The Morgan fingerprint density at radius 3 is 2.84 bits per heavy atom. The molecule has 0 aliphatic rings. The van der Waals surface area contributed by atoms with Crippen molar-refractivity contribution in [3.05, 3.63) is 52.9 Å². The van der Waals surface area contributed by atoms with Gasteiger partial charge in [0.05, 0.1) is 29.3 Å². The molecular formula is C14H8BrNO3. The normalized spacial score (nSPS) is 10.8. The summed E-state index contributed by atoms with van der Waals surface area (Å²) in [6.45, 7) is 0. The Morgan fingerprint density at radius 2 is 2.16 bits per heavy atom. The zero-order valence-corrected chi connectivity index (χ0v) is 11.2. The quantitative estimate of drug-likeness (QED) is 0.777. The Kier molecular flexibility index (Phi) is 2.83. The molecule has 5 heteroatoms. The molecule has 1 N–H and O–H groups in total. The number of benzene rings is 1. The Morgan fingerprint density at radius 1 is 1.32 bits per heavy atom. The summed E-state index contributed by atoms with van der Waals surface area (Å²) in [5, 5.41) is 9.96. The summed E-state index contributed by atoms with van der Waals surface area (Å²) in [5.74, 6) is -0.982. The highest BCUT2D eigenvalue weighted by Crippen LogP contribution is 2.30. The average Bonchev–Trinajstić information content (AvgIpc) is 2.91. The molecule has 0 saturated carbocycles. The number of aromatic carboxylic acids is 1. The maximum atomic E-state index is 11.4. The minimum Gasteiger partial charge on any atom is -0.478 e. The lowest BCUT2D eigenvalue weighted by atomic mass is 10.1. The van der Waals surface area contributed by atoms with Gasteiger partial charge in [0.2, 0.25) is 0 Å². The first kappa shape index (κ1) is 11.9. The van der Waals surface area contributed by atoms with Crippen LogP contribution in [0.2, 0.25) is 0 Å². The molecule has 4 nitrogen and oxygen atoms in total. The van der Waals surface area contributed by atoms with Gasteiger partial charge < -0.3 is 9.52 Å². The van der Waals surface area contributed by atoms with Gasteiger partial charge in [0.15, 0.2) is 0 Å². The van der Waals surface area contributed by atoms with Gasteiger partial charge in [-0.15, -0.1) is 0 Å². The zero-order valence-electron chi connectivity index (χ0n) is 9.63. The van der Waals surface area contributed by atoms with Crippen LogP contribution >= 0.6 is 15.9 Å². The van der Waals surface area contributed by atoms with Gasteiger partial charge in [-0.25, -0.2) is 9.78 Å². The van der Waals surface area contributed by atoms with E-state index in [-0.39, 0.29) is 5.56 Å². The van der Waals surface area contributed by atoms with Crippen molar-refractivity contribution in [2.45, 2.75) is 0 Å². The third kappa shape index (κ3) is 2.02. The smallest absolute Gasteiger partial charge is 0.336 e. The summed E-state index contributed by atoms with van der Waals surface area (Å²) in [6, 6.07) is 8.71. The van der Waals surface area contributed by atoms with Crippen molar-refractivity contribution in [3.63, 3.8) is 0 Å². The minimum atomic E-state index is -0.982. The van der Waals surface area contributed by atoms with Crippen LogP contribution in [0.5, 0.6) is 0 Å². The van der Waals surface area contributed by atoms with Gasteiger partial charge in [0, 0.05) is 15.4 Å². The second-order valence-electron chi connectivity index (χ2n) is 4.01. The molecule has 0 fully saturated rings. The number of fused-ring (bicyclic) bond motifs is 1. The number of halogens is 1. The van der Waals surface area contributed by atoms with Crippen molar-refractivity contribution in [2.75, 3.05) is 0 Å². The van der Waals surface area contributed by atoms with Crippen LogP contribution in [-0.2, 0) is 0 Å². The molecule has 0 aliphatic carbocycles. The van der Waals surface area contributed by atoms with Crippen LogP contribution in [0.25, 0.3) is 22.2 Å². The summed E-state index contributed by atoms with van der Waals surface area (Å²) in [6.07, 6.45) is 3.07. The van der Waals surface area contributed by atoms with Crippen LogP contribution in [0, 0.1) is 0 Å². The highest BCUT2D eigenvalue weighted by atomic mass is 79.9. The van der Waals surface area contributed by atoms with E-state index in [1.807, 2.05) is 6.07 Å². The lowest BCUT2D eigenvalue weighted by molar-refractivity contribution is 0.0699. The largest absolute Gasteiger partial charge is 0.478 e. The fourth-order valence-electron chi connectivity index (χ4n) is 1.97. The molecule has 0 saturated heterocycles. The Hall–Kier alpha value is -2.14. The fraction of sp³-hybridized carbons (Fsp3) is 0. The van der Waals surface area contributed by atoms with Crippen molar-refractivity contribution < 1.29 is 14.3 Å². The van der Waals surface area contributed by atoms with E-state index in [4.69, 9.17) is 4.42 Å². The molecule has 1 aromatic carbocycles. The number of carbonyl (C=O) groups is 1. The van der Waals surface area contributed by atoms with Crippen LogP contribution in [-0.4, -0.2) is 16.1 Å². The van der Waals surface area contributed by atoms with Crippen molar-refractivity contribution in [1.29, 1.82) is 0 Å². The Balaban J connectivity index is 2.38. The maximum absolute atomic E-state index is 11.4. The first-order valence-electron chi connectivity index (χ1n) is 5.52. The number of hydrogen-bond acceptors (Lipinski definition) is 3. The van der Waals surface area contributed by atoms with E-state index in [2.05, 4.69) is 20.9 Å². The topological polar surface area (TPSA) is 63.3 Å². The predicted octanol–water partition coefficient (Wildman–Crippen LogP) is 3.96. The molecule has 94 valence electrons. The van der Waals surface area contributed by atoms with Crippen molar-refractivity contribution in [2.24, 2.45) is 0 Å². The van der Waals surface area contributed by atoms with Crippen molar-refractivity contribution in [3.8, 4) is 11.3 Å². The van der Waals surface area contributed by atoms with Gasteiger partial charge in [-0.1, -0.05) is 22.0 Å². The number of aromatic nitrogens is 1. The molecule has 0 bridgehead atoms. The molecule has 0 spiro atoms. The van der Waals surface area contributed by atoms with E-state index in [0.29, 0.717) is 21.1 Å². The third-order valence-corrected chi connectivity index (χ3v) is 3.49. The molecular weight excluding hydrogens is 310 g/mol. The lowest BCUT2D eigenvalue weighted by Gasteiger charge is -2.07.